The van der Waals surface area contributed by atoms with Gasteiger partial charge in [0.1, 0.15) is 5.41 Å². The van der Waals surface area contributed by atoms with E-state index < -0.39 is 5.41 Å². The van der Waals surface area contributed by atoms with E-state index in [-0.39, 0.29) is 16.5 Å². The molecule has 6 heteroatoms. The summed E-state index contributed by atoms with van der Waals surface area (Å²) in [5.41, 5.74) is 4.97. The highest BCUT2D eigenvalue weighted by atomic mass is 32.2. The lowest BCUT2D eigenvalue weighted by molar-refractivity contribution is -0.133. The molecule has 0 radical (unpaired) electrons. The van der Waals surface area contributed by atoms with E-state index in [9.17, 15) is 4.79 Å². The summed E-state index contributed by atoms with van der Waals surface area (Å²) in [6.45, 7) is 2.76. The second kappa shape index (κ2) is 5.84. The average Bonchev–Trinajstić information content (AvgIpc) is 2.89. The van der Waals surface area contributed by atoms with Crippen molar-refractivity contribution in [1.82, 2.24) is 5.32 Å². The lowest BCUT2D eigenvalue weighted by Gasteiger charge is -2.44. The number of amides is 1. The van der Waals surface area contributed by atoms with Crippen LogP contribution in [0.3, 0.4) is 0 Å². The minimum absolute atomic E-state index is 0.0534. The summed E-state index contributed by atoms with van der Waals surface area (Å²) in [4.78, 5) is 12.5. The van der Waals surface area contributed by atoms with Gasteiger partial charge in [-0.15, -0.1) is 0 Å². The van der Waals surface area contributed by atoms with Crippen LogP contribution < -0.4 is 11.1 Å². The van der Waals surface area contributed by atoms with E-state index in [2.05, 4.69) is 23.7 Å². The highest BCUT2D eigenvalue weighted by Crippen LogP contribution is 2.46. The molecule has 0 aromatic carbocycles. The first-order valence-corrected chi connectivity index (χ1v) is 8.52. The van der Waals surface area contributed by atoms with Crippen LogP contribution in [0, 0.1) is 11.3 Å². The van der Waals surface area contributed by atoms with Gasteiger partial charge < -0.3 is 16.3 Å². The maximum Gasteiger partial charge on any atom is 0.234 e. The zero-order chi connectivity index (χ0) is 14.8. The van der Waals surface area contributed by atoms with Crippen molar-refractivity contribution in [1.29, 1.82) is 0 Å². The van der Waals surface area contributed by atoms with Crippen molar-refractivity contribution in [3.8, 4) is 0 Å². The molecule has 2 aliphatic rings. The number of carbonyl (C=O) groups is 1. The Morgan fingerprint density at radius 3 is 2.50 bits per heavy atom. The van der Waals surface area contributed by atoms with Gasteiger partial charge in [-0.2, -0.15) is 11.8 Å². The van der Waals surface area contributed by atoms with Crippen LogP contribution in [0.2, 0.25) is 0 Å². The molecule has 0 aromatic rings. The molecule has 0 bridgehead atoms. The Labute approximate surface area is 124 Å². The largest absolute Gasteiger partial charge is 0.409 e. The fraction of sp³-hybridized carbons (Fsp3) is 0.857. The van der Waals surface area contributed by atoms with Gasteiger partial charge in [-0.3, -0.25) is 4.79 Å². The van der Waals surface area contributed by atoms with Gasteiger partial charge >= 0.3 is 0 Å². The van der Waals surface area contributed by atoms with E-state index in [1.165, 1.54) is 12.8 Å². The summed E-state index contributed by atoms with van der Waals surface area (Å²) in [6.07, 6.45) is 8.23. The van der Waals surface area contributed by atoms with Crippen LogP contribution in [-0.4, -0.2) is 34.5 Å². The van der Waals surface area contributed by atoms with Crippen molar-refractivity contribution in [2.24, 2.45) is 22.2 Å². The smallest absolute Gasteiger partial charge is 0.234 e. The maximum atomic E-state index is 12.5. The molecule has 0 atom stereocenters. The summed E-state index contributed by atoms with van der Waals surface area (Å²) < 4.78 is 0.178. The van der Waals surface area contributed by atoms with Gasteiger partial charge in [0.25, 0.3) is 0 Å². The number of hydrogen-bond donors (Lipinski definition) is 3. The molecule has 2 rings (SSSR count). The van der Waals surface area contributed by atoms with E-state index >= 15 is 0 Å². The number of oxime groups is 1. The van der Waals surface area contributed by atoms with Crippen LogP contribution in [0.25, 0.3) is 0 Å². The normalized spacial score (nSPS) is 32.7. The highest BCUT2D eigenvalue weighted by molar-refractivity contribution is 8.00. The van der Waals surface area contributed by atoms with Gasteiger partial charge in [-0.1, -0.05) is 24.9 Å². The number of amidine groups is 1. The van der Waals surface area contributed by atoms with E-state index in [0.717, 1.165) is 12.8 Å². The lowest BCUT2D eigenvalue weighted by atomic mass is 9.61. The summed E-state index contributed by atoms with van der Waals surface area (Å²) in [5.74, 6) is 0.422. The second-order valence-electron chi connectivity index (χ2n) is 6.36. The predicted octanol–water partition coefficient (Wildman–Crippen LogP) is 1.94. The maximum absolute atomic E-state index is 12.5. The van der Waals surface area contributed by atoms with Crippen LogP contribution >= 0.6 is 11.8 Å². The third kappa shape index (κ3) is 2.62. The van der Waals surface area contributed by atoms with Crippen molar-refractivity contribution in [2.45, 2.75) is 50.2 Å². The predicted molar refractivity (Wildman–Crippen MR) is 82.0 cm³/mol. The fourth-order valence-corrected chi connectivity index (χ4v) is 4.53. The molecule has 114 valence electrons. The molecular formula is C14H25N3O2S. The number of rotatable bonds is 5. The van der Waals surface area contributed by atoms with Crippen molar-refractivity contribution in [3.63, 3.8) is 0 Å². The Morgan fingerprint density at radius 1 is 1.45 bits per heavy atom. The van der Waals surface area contributed by atoms with Crippen LogP contribution in [-0.2, 0) is 4.79 Å². The zero-order valence-corrected chi connectivity index (χ0v) is 13.1. The molecule has 0 saturated heterocycles. The lowest BCUT2D eigenvalue weighted by Crippen LogP contribution is -2.58. The number of nitrogens with two attached hydrogens (primary N) is 1. The molecule has 0 spiro atoms. The summed E-state index contributed by atoms with van der Waals surface area (Å²) in [7, 11) is 0. The zero-order valence-electron chi connectivity index (χ0n) is 12.3. The van der Waals surface area contributed by atoms with Crippen LogP contribution in [0.5, 0.6) is 0 Å². The van der Waals surface area contributed by atoms with Gasteiger partial charge in [0, 0.05) is 11.3 Å². The molecule has 2 saturated carbocycles. The van der Waals surface area contributed by atoms with Gasteiger partial charge in [-0.05, 0) is 37.9 Å². The molecule has 2 fully saturated rings. The SMILES string of the molecule is CSC1(CNC(=O)C2(C(N)=NO)CC(C)C2)CCCC1. The topological polar surface area (TPSA) is 87.7 Å². The van der Waals surface area contributed by atoms with Gasteiger partial charge in [0.15, 0.2) is 5.84 Å². The van der Waals surface area contributed by atoms with Crippen LogP contribution in [0.1, 0.15) is 45.4 Å². The van der Waals surface area contributed by atoms with E-state index in [4.69, 9.17) is 10.9 Å². The number of nitrogens with one attached hydrogen (secondary N) is 1. The molecule has 0 heterocycles. The number of hydrogen-bond acceptors (Lipinski definition) is 4. The number of thioether (sulfide) groups is 1. The Hall–Kier alpha value is -0.910. The fourth-order valence-electron chi connectivity index (χ4n) is 3.62. The summed E-state index contributed by atoms with van der Waals surface area (Å²) in [6, 6.07) is 0. The first-order valence-electron chi connectivity index (χ1n) is 7.29. The molecule has 20 heavy (non-hydrogen) atoms. The van der Waals surface area contributed by atoms with Crippen LogP contribution in [0.4, 0.5) is 0 Å². The van der Waals surface area contributed by atoms with Crippen molar-refractivity contribution >= 4 is 23.5 Å². The van der Waals surface area contributed by atoms with Gasteiger partial charge in [-0.25, -0.2) is 0 Å². The Bertz CT molecular complexity index is 399. The average molecular weight is 299 g/mol. The molecule has 4 N–H and O–H groups in total. The van der Waals surface area contributed by atoms with Crippen molar-refractivity contribution in [2.75, 3.05) is 12.8 Å². The Kier molecular flexibility index (Phi) is 4.52. The quantitative estimate of drug-likeness (QED) is 0.313. The van der Waals surface area contributed by atoms with E-state index in [1.807, 2.05) is 11.8 Å². The number of nitrogens with zero attached hydrogens (tertiary/aromatic N) is 1. The van der Waals surface area contributed by atoms with Crippen molar-refractivity contribution in [3.05, 3.63) is 0 Å². The summed E-state index contributed by atoms with van der Waals surface area (Å²) >= 11 is 1.85. The second-order valence-corrected chi connectivity index (χ2v) is 7.63. The molecule has 2 aliphatic carbocycles. The third-order valence-corrected chi connectivity index (χ3v) is 6.36. The number of carbonyl (C=O) groups excluding carboxylic acids is 1. The standard InChI is InChI=1S/C14H25N3O2S/c1-10-7-14(8-10,11(15)17-19)12(18)16-9-13(20-2)5-3-4-6-13/h10,19H,3-9H2,1-2H3,(H2,15,17)(H,16,18). The Morgan fingerprint density at radius 2 is 2.05 bits per heavy atom. The molecule has 1 amide bonds. The Balaban J connectivity index is 2.00. The van der Waals surface area contributed by atoms with E-state index in [0.29, 0.717) is 25.3 Å². The highest BCUT2D eigenvalue weighted by Gasteiger charge is 2.52. The first-order chi connectivity index (χ1) is 9.48. The molecule has 5 nitrogen and oxygen atoms in total. The first kappa shape index (κ1) is 15.5. The molecule has 0 aromatic heterocycles. The monoisotopic (exact) mass is 299 g/mol. The van der Waals surface area contributed by atoms with E-state index in [1.54, 1.807) is 0 Å². The molecule has 0 aliphatic heterocycles. The minimum atomic E-state index is -0.785. The summed E-state index contributed by atoms with van der Waals surface area (Å²) in [5, 5.41) is 15.1. The molecular weight excluding hydrogens is 274 g/mol. The minimum Gasteiger partial charge on any atom is -0.409 e. The van der Waals surface area contributed by atoms with Crippen molar-refractivity contribution < 1.29 is 10.0 Å². The van der Waals surface area contributed by atoms with Gasteiger partial charge in [0.2, 0.25) is 5.91 Å². The third-order valence-electron chi connectivity index (χ3n) is 4.95. The molecule has 0 unspecified atom stereocenters. The van der Waals surface area contributed by atoms with Crippen LogP contribution in [0.15, 0.2) is 5.16 Å². The van der Waals surface area contributed by atoms with Gasteiger partial charge in [0.05, 0.1) is 0 Å².